The number of carbonyl (C=O) groups is 2. The molecular formula is C21H20ClN3O3. The second kappa shape index (κ2) is 10.8. The fourth-order valence-corrected chi connectivity index (χ4v) is 2.55. The van der Waals surface area contributed by atoms with Crippen LogP contribution in [-0.2, 0) is 16.0 Å². The molecule has 2 rings (SSSR count). The zero-order valence-corrected chi connectivity index (χ0v) is 16.1. The van der Waals surface area contributed by atoms with Crippen molar-refractivity contribution in [3.8, 4) is 6.07 Å². The van der Waals surface area contributed by atoms with Crippen LogP contribution in [0.2, 0.25) is 5.02 Å². The summed E-state index contributed by atoms with van der Waals surface area (Å²) in [5.74, 6) is -0.969. The Morgan fingerprint density at radius 2 is 1.96 bits per heavy atom. The molecule has 28 heavy (non-hydrogen) atoms. The molecular weight excluding hydrogens is 378 g/mol. The summed E-state index contributed by atoms with van der Waals surface area (Å²) in [5.41, 5.74) is 1.86. The third-order valence-corrected chi connectivity index (χ3v) is 3.95. The third kappa shape index (κ3) is 6.45. The number of carbonyl (C=O) groups excluding carboxylic acids is 2. The van der Waals surface area contributed by atoms with Crippen LogP contribution in [0, 0.1) is 11.3 Å². The van der Waals surface area contributed by atoms with Crippen LogP contribution in [0.5, 0.6) is 0 Å². The Labute approximate surface area is 168 Å². The molecule has 0 saturated heterocycles. The van der Waals surface area contributed by atoms with Crippen molar-refractivity contribution in [2.75, 3.05) is 18.5 Å². The summed E-state index contributed by atoms with van der Waals surface area (Å²) < 4.78 is 4.90. The van der Waals surface area contributed by atoms with E-state index in [1.54, 1.807) is 37.3 Å². The van der Waals surface area contributed by atoms with Crippen molar-refractivity contribution < 1.29 is 14.3 Å². The lowest BCUT2D eigenvalue weighted by molar-refractivity contribution is -0.112. The van der Waals surface area contributed by atoms with Gasteiger partial charge in [0.2, 0.25) is 0 Å². The van der Waals surface area contributed by atoms with Gasteiger partial charge in [0.05, 0.1) is 12.2 Å². The van der Waals surface area contributed by atoms with Crippen LogP contribution in [0.4, 0.5) is 5.69 Å². The van der Waals surface area contributed by atoms with E-state index in [0.29, 0.717) is 29.2 Å². The zero-order valence-electron chi connectivity index (χ0n) is 15.4. The summed E-state index contributed by atoms with van der Waals surface area (Å²) in [6, 6.07) is 15.6. The van der Waals surface area contributed by atoms with Crippen molar-refractivity contribution in [3.05, 3.63) is 76.5 Å². The molecule has 0 spiro atoms. The molecule has 2 aromatic carbocycles. The van der Waals surface area contributed by atoms with E-state index < -0.39 is 11.9 Å². The normalized spacial score (nSPS) is 10.7. The number of hydrogen-bond acceptors (Lipinski definition) is 5. The van der Waals surface area contributed by atoms with Gasteiger partial charge in [-0.05, 0) is 55.3 Å². The average molecular weight is 398 g/mol. The lowest BCUT2D eigenvalue weighted by atomic mass is 10.1. The van der Waals surface area contributed by atoms with Crippen LogP contribution in [0.15, 0.2) is 60.3 Å². The Morgan fingerprint density at radius 3 is 2.61 bits per heavy atom. The number of halogens is 1. The predicted molar refractivity (Wildman–Crippen MR) is 108 cm³/mol. The minimum Gasteiger partial charge on any atom is -0.462 e. The molecule has 0 fully saturated rings. The van der Waals surface area contributed by atoms with Gasteiger partial charge >= 0.3 is 5.97 Å². The van der Waals surface area contributed by atoms with E-state index in [4.69, 9.17) is 16.3 Å². The van der Waals surface area contributed by atoms with Crippen LogP contribution < -0.4 is 10.6 Å². The second-order valence-electron chi connectivity index (χ2n) is 5.76. The van der Waals surface area contributed by atoms with Gasteiger partial charge in [0.15, 0.2) is 0 Å². The van der Waals surface area contributed by atoms with Crippen molar-refractivity contribution in [2.24, 2.45) is 0 Å². The average Bonchev–Trinajstić information content (AvgIpc) is 2.68. The van der Waals surface area contributed by atoms with Crippen molar-refractivity contribution >= 4 is 29.2 Å². The summed E-state index contributed by atoms with van der Waals surface area (Å²) in [7, 11) is 0. The van der Waals surface area contributed by atoms with Gasteiger partial charge in [0.1, 0.15) is 11.6 Å². The van der Waals surface area contributed by atoms with Crippen LogP contribution in [0.25, 0.3) is 0 Å². The number of esters is 1. The van der Waals surface area contributed by atoms with E-state index in [0.717, 1.165) is 5.56 Å². The molecule has 0 aliphatic carbocycles. The maximum absolute atomic E-state index is 12.2. The van der Waals surface area contributed by atoms with E-state index in [1.807, 2.05) is 24.3 Å². The first-order valence-corrected chi connectivity index (χ1v) is 9.08. The minimum absolute atomic E-state index is 0.0550. The van der Waals surface area contributed by atoms with Crippen LogP contribution >= 0.6 is 11.6 Å². The molecule has 144 valence electrons. The van der Waals surface area contributed by atoms with Crippen LogP contribution in [-0.4, -0.2) is 25.0 Å². The fraction of sp³-hybridized carbons (Fsp3) is 0.190. The molecule has 2 N–H and O–H groups in total. The first-order chi connectivity index (χ1) is 13.5. The van der Waals surface area contributed by atoms with Crippen molar-refractivity contribution in [1.29, 1.82) is 5.26 Å². The third-order valence-electron chi connectivity index (χ3n) is 3.71. The molecule has 0 heterocycles. The molecule has 1 amide bonds. The maximum atomic E-state index is 12.2. The number of nitrogens with one attached hydrogen (secondary N) is 2. The molecule has 0 aliphatic heterocycles. The van der Waals surface area contributed by atoms with Crippen LogP contribution in [0.1, 0.15) is 22.8 Å². The number of nitrogens with zero attached hydrogens (tertiary/aromatic N) is 1. The van der Waals surface area contributed by atoms with Crippen molar-refractivity contribution in [3.63, 3.8) is 0 Å². The minimum atomic E-state index is -0.540. The Bertz CT molecular complexity index is 902. The SMILES string of the molecule is CCOC(=O)c1ccc(NC(=O)/C(C#N)=C\NCCc2cccc(Cl)c2)cc1. The van der Waals surface area contributed by atoms with Crippen molar-refractivity contribution in [1.82, 2.24) is 5.32 Å². The summed E-state index contributed by atoms with van der Waals surface area (Å²) in [5, 5.41) is 15.4. The van der Waals surface area contributed by atoms with E-state index in [-0.39, 0.29) is 12.2 Å². The lowest BCUT2D eigenvalue weighted by Gasteiger charge is -2.07. The van der Waals surface area contributed by atoms with Gasteiger partial charge in [0, 0.05) is 23.5 Å². The number of amides is 1. The van der Waals surface area contributed by atoms with Gasteiger partial charge < -0.3 is 15.4 Å². The molecule has 6 nitrogen and oxygen atoms in total. The number of benzene rings is 2. The molecule has 0 atom stereocenters. The number of ether oxygens (including phenoxy) is 1. The van der Waals surface area contributed by atoms with Gasteiger partial charge in [-0.1, -0.05) is 23.7 Å². The highest BCUT2D eigenvalue weighted by molar-refractivity contribution is 6.30. The summed E-state index contributed by atoms with van der Waals surface area (Å²) in [6.07, 6.45) is 2.08. The molecule has 0 saturated carbocycles. The summed E-state index contributed by atoms with van der Waals surface area (Å²) >= 11 is 5.94. The summed E-state index contributed by atoms with van der Waals surface area (Å²) in [4.78, 5) is 23.8. The second-order valence-corrected chi connectivity index (χ2v) is 6.19. The number of nitriles is 1. The number of anilines is 1. The highest BCUT2D eigenvalue weighted by Crippen LogP contribution is 2.12. The Morgan fingerprint density at radius 1 is 1.21 bits per heavy atom. The van der Waals surface area contributed by atoms with E-state index >= 15 is 0 Å². The number of rotatable bonds is 8. The quantitative estimate of drug-likeness (QED) is 0.307. The van der Waals surface area contributed by atoms with Gasteiger partial charge in [-0.25, -0.2) is 4.79 Å². The largest absolute Gasteiger partial charge is 0.462 e. The Hall–Kier alpha value is -3.30. The lowest BCUT2D eigenvalue weighted by Crippen LogP contribution is -2.18. The highest BCUT2D eigenvalue weighted by Gasteiger charge is 2.10. The van der Waals surface area contributed by atoms with Gasteiger partial charge in [-0.15, -0.1) is 0 Å². The van der Waals surface area contributed by atoms with E-state index in [1.165, 1.54) is 6.20 Å². The molecule has 0 aliphatic rings. The molecule has 0 bridgehead atoms. The van der Waals surface area contributed by atoms with Gasteiger partial charge in [0.25, 0.3) is 5.91 Å². The molecule has 2 aromatic rings. The smallest absolute Gasteiger partial charge is 0.338 e. The van der Waals surface area contributed by atoms with E-state index in [2.05, 4.69) is 10.6 Å². The Balaban J connectivity index is 1.89. The van der Waals surface area contributed by atoms with Gasteiger partial charge in [-0.2, -0.15) is 5.26 Å². The predicted octanol–water partition coefficient (Wildman–Crippen LogP) is 3.69. The first kappa shape index (κ1) is 21.0. The number of hydrogen-bond donors (Lipinski definition) is 2. The van der Waals surface area contributed by atoms with Crippen LogP contribution in [0.3, 0.4) is 0 Å². The molecule has 0 aromatic heterocycles. The Kier molecular flexibility index (Phi) is 8.07. The molecule has 0 unspecified atom stereocenters. The summed E-state index contributed by atoms with van der Waals surface area (Å²) in [6.45, 7) is 2.57. The standard InChI is InChI=1S/C21H20ClN3O3/c1-2-28-21(27)16-6-8-19(9-7-16)25-20(26)17(13-23)14-24-11-10-15-4-3-5-18(22)12-15/h3-9,12,14,24H,2,10-11H2,1H3,(H,25,26)/b17-14-. The molecule has 7 heteroatoms. The highest BCUT2D eigenvalue weighted by atomic mass is 35.5. The van der Waals surface area contributed by atoms with Crippen molar-refractivity contribution in [2.45, 2.75) is 13.3 Å². The zero-order chi connectivity index (χ0) is 20.4. The monoisotopic (exact) mass is 397 g/mol. The van der Waals surface area contributed by atoms with E-state index in [9.17, 15) is 14.9 Å². The molecule has 0 radical (unpaired) electrons. The van der Waals surface area contributed by atoms with Gasteiger partial charge in [-0.3, -0.25) is 4.79 Å². The topological polar surface area (TPSA) is 91.2 Å². The fourth-order valence-electron chi connectivity index (χ4n) is 2.33. The maximum Gasteiger partial charge on any atom is 0.338 e. The first-order valence-electron chi connectivity index (χ1n) is 8.70.